The van der Waals surface area contributed by atoms with Gasteiger partial charge in [-0.15, -0.1) is 0 Å². The van der Waals surface area contributed by atoms with Crippen LogP contribution in [0.25, 0.3) is 10.8 Å². The third-order valence-corrected chi connectivity index (χ3v) is 4.38. The molecule has 0 atom stereocenters. The minimum absolute atomic E-state index is 0.209. The molecule has 2 aromatic carbocycles. The molecule has 0 N–H and O–H groups in total. The van der Waals surface area contributed by atoms with E-state index >= 15 is 0 Å². The summed E-state index contributed by atoms with van der Waals surface area (Å²) in [7, 11) is 1.66. The molecule has 4 heteroatoms. The van der Waals surface area contributed by atoms with Crippen molar-refractivity contribution in [3.8, 4) is 5.75 Å². The first-order valence-electron chi connectivity index (χ1n) is 7.97. The average molecular weight is 301 g/mol. The quantitative estimate of drug-likeness (QED) is 0.478. The van der Waals surface area contributed by atoms with E-state index in [2.05, 4.69) is 0 Å². The normalized spacial score (nSPS) is 17.5. The van der Waals surface area contributed by atoms with Gasteiger partial charge in [-0.3, -0.25) is 0 Å². The molecule has 0 saturated carbocycles. The molecule has 0 aromatic heterocycles. The molecule has 2 aromatic rings. The van der Waals surface area contributed by atoms with Crippen molar-refractivity contribution < 1.29 is 9.47 Å². The Bertz CT molecular complexity index is 635. The van der Waals surface area contributed by atoms with E-state index in [-0.39, 0.29) is 4.65 Å². The van der Waals surface area contributed by atoms with Crippen molar-refractivity contribution in [2.75, 3.05) is 33.4 Å². The van der Waals surface area contributed by atoms with E-state index in [1.807, 2.05) is 36.4 Å². The lowest BCUT2D eigenvalue weighted by Crippen LogP contribution is -2.47. The van der Waals surface area contributed by atoms with Gasteiger partial charge in [0.2, 0.25) is 0 Å². The highest BCUT2D eigenvalue weighted by molar-refractivity contribution is 5.97. The van der Waals surface area contributed by atoms with Crippen molar-refractivity contribution in [3.63, 3.8) is 0 Å². The van der Waals surface area contributed by atoms with Crippen LogP contribution in [0.1, 0.15) is 19.3 Å². The van der Waals surface area contributed by atoms with Gasteiger partial charge in [0.1, 0.15) is 18.0 Å². The highest BCUT2D eigenvalue weighted by Crippen LogP contribution is 2.38. The highest BCUT2D eigenvalue weighted by atomic mass is 16.5. The van der Waals surface area contributed by atoms with Gasteiger partial charge < -0.3 is 19.3 Å². The van der Waals surface area contributed by atoms with E-state index in [0.717, 1.165) is 35.1 Å². The Balaban J connectivity index is 2.00. The van der Waals surface area contributed by atoms with Crippen LogP contribution in [0.5, 0.6) is 5.75 Å². The van der Waals surface area contributed by atoms with Crippen LogP contribution in [0.2, 0.25) is 0 Å². The number of rotatable bonds is 5. The van der Waals surface area contributed by atoms with Crippen LogP contribution in [0.4, 0.5) is 5.69 Å². The van der Waals surface area contributed by atoms with Gasteiger partial charge >= 0.3 is 0 Å². The Morgan fingerprint density at radius 3 is 2.41 bits per heavy atom. The van der Waals surface area contributed by atoms with Crippen molar-refractivity contribution in [2.45, 2.75) is 19.3 Å². The fourth-order valence-corrected chi connectivity index (χ4v) is 3.24. The van der Waals surface area contributed by atoms with Crippen LogP contribution in [0, 0.1) is 5.21 Å². The largest absolute Gasteiger partial charge is 0.627 e. The third kappa shape index (κ3) is 2.95. The summed E-state index contributed by atoms with van der Waals surface area (Å²) in [6.07, 6.45) is 3.17. The summed E-state index contributed by atoms with van der Waals surface area (Å²) in [4.78, 5) is 0. The summed E-state index contributed by atoms with van der Waals surface area (Å²) in [5.74, 6) is 0.819. The zero-order valence-corrected chi connectivity index (χ0v) is 13.1. The maximum absolute atomic E-state index is 13.2. The molecule has 0 bridgehead atoms. The molecule has 0 aliphatic carbocycles. The number of hydrogen-bond donors (Lipinski definition) is 0. The second-order valence-corrected chi connectivity index (χ2v) is 5.87. The second kappa shape index (κ2) is 6.65. The first kappa shape index (κ1) is 15.3. The number of quaternary nitrogens is 1. The Kier molecular flexibility index (Phi) is 4.62. The number of methoxy groups -OCH3 is 1. The van der Waals surface area contributed by atoms with Crippen LogP contribution >= 0.6 is 0 Å². The molecule has 1 aliphatic heterocycles. The first-order valence-corrected chi connectivity index (χ1v) is 7.97. The van der Waals surface area contributed by atoms with E-state index < -0.39 is 0 Å². The SMILES string of the molecule is COCCOc1ccc([N+]2([O-])CCCCC2)c2ccccc12. The second-order valence-electron chi connectivity index (χ2n) is 5.87. The summed E-state index contributed by atoms with van der Waals surface area (Å²) < 4.78 is 10.6. The molecular weight excluding hydrogens is 278 g/mol. The van der Waals surface area contributed by atoms with E-state index in [1.54, 1.807) is 7.11 Å². The standard InChI is InChI=1S/C18H23NO3/c1-21-13-14-22-18-10-9-17(15-7-3-4-8-16(15)18)19(20)11-5-2-6-12-19/h3-4,7-10H,2,5-6,11-14H2,1H3. The topological polar surface area (TPSA) is 41.5 Å². The molecule has 4 nitrogen and oxygen atoms in total. The van der Waals surface area contributed by atoms with Gasteiger partial charge in [0, 0.05) is 23.9 Å². The Labute approximate surface area is 131 Å². The van der Waals surface area contributed by atoms with Gasteiger partial charge in [-0.05, 0) is 31.4 Å². The zero-order chi connectivity index (χ0) is 15.4. The Hall–Kier alpha value is -1.62. The Morgan fingerprint density at radius 2 is 1.68 bits per heavy atom. The molecule has 0 radical (unpaired) electrons. The van der Waals surface area contributed by atoms with Crippen molar-refractivity contribution in [2.24, 2.45) is 0 Å². The van der Waals surface area contributed by atoms with Gasteiger partial charge in [-0.1, -0.05) is 18.2 Å². The average Bonchev–Trinajstić information content (AvgIpc) is 2.55. The van der Waals surface area contributed by atoms with Crippen LogP contribution < -0.4 is 9.38 Å². The number of fused-ring (bicyclic) bond motifs is 1. The first-order chi connectivity index (χ1) is 10.7. The summed E-state index contributed by atoms with van der Waals surface area (Å²) in [5.41, 5.74) is 0.870. The molecular formula is C18H23NO3. The number of benzene rings is 2. The minimum Gasteiger partial charge on any atom is -0.627 e. The number of hydroxylamine groups is 2. The maximum atomic E-state index is 13.2. The molecule has 22 heavy (non-hydrogen) atoms. The van der Waals surface area contributed by atoms with Crippen LogP contribution in [0.15, 0.2) is 36.4 Å². The van der Waals surface area contributed by atoms with E-state index in [4.69, 9.17) is 9.47 Å². The molecule has 1 fully saturated rings. The smallest absolute Gasteiger partial charge is 0.141 e. The van der Waals surface area contributed by atoms with Gasteiger partial charge in [-0.25, -0.2) is 0 Å². The van der Waals surface area contributed by atoms with Crippen molar-refractivity contribution in [3.05, 3.63) is 41.6 Å². The highest BCUT2D eigenvalue weighted by Gasteiger charge is 2.26. The molecule has 1 saturated heterocycles. The number of piperidine rings is 1. The summed E-state index contributed by atoms with van der Waals surface area (Å²) in [5, 5.41) is 15.2. The van der Waals surface area contributed by atoms with Gasteiger partial charge in [0.05, 0.1) is 19.7 Å². The fourth-order valence-electron chi connectivity index (χ4n) is 3.24. The summed E-state index contributed by atoms with van der Waals surface area (Å²) in [6, 6.07) is 11.9. The van der Waals surface area contributed by atoms with Crippen LogP contribution in [-0.2, 0) is 4.74 Å². The summed E-state index contributed by atoms with van der Waals surface area (Å²) >= 11 is 0. The van der Waals surface area contributed by atoms with Gasteiger partial charge in [0.25, 0.3) is 0 Å². The van der Waals surface area contributed by atoms with Crippen LogP contribution in [0.3, 0.4) is 0 Å². The number of ether oxygens (including phenoxy) is 2. The lowest BCUT2D eigenvalue weighted by Gasteiger charge is -2.45. The predicted octanol–water partition coefficient (Wildman–Crippen LogP) is 3.85. The molecule has 118 valence electrons. The lowest BCUT2D eigenvalue weighted by atomic mass is 10.0. The lowest BCUT2D eigenvalue weighted by molar-refractivity contribution is 0.147. The van der Waals surface area contributed by atoms with E-state index in [1.165, 1.54) is 6.42 Å². The number of nitrogens with zero attached hydrogens (tertiary/aromatic N) is 1. The predicted molar refractivity (Wildman–Crippen MR) is 90.1 cm³/mol. The molecule has 1 aliphatic rings. The third-order valence-electron chi connectivity index (χ3n) is 4.38. The van der Waals surface area contributed by atoms with Crippen LogP contribution in [-0.4, -0.2) is 33.4 Å². The Morgan fingerprint density at radius 1 is 0.955 bits per heavy atom. The maximum Gasteiger partial charge on any atom is 0.141 e. The van der Waals surface area contributed by atoms with E-state index in [0.29, 0.717) is 26.3 Å². The molecule has 3 rings (SSSR count). The molecule has 0 amide bonds. The van der Waals surface area contributed by atoms with Gasteiger partial charge in [0.15, 0.2) is 0 Å². The minimum atomic E-state index is -0.209. The monoisotopic (exact) mass is 301 g/mol. The van der Waals surface area contributed by atoms with Gasteiger partial charge in [-0.2, -0.15) is 0 Å². The van der Waals surface area contributed by atoms with Crippen molar-refractivity contribution in [1.82, 2.24) is 4.65 Å². The molecule has 0 unspecified atom stereocenters. The number of hydrogen-bond acceptors (Lipinski definition) is 3. The molecule has 0 spiro atoms. The zero-order valence-electron chi connectivity index (χ0n) is 13.1. The van der Waals surface area contributed by atoms with Crippen molar-refractivity contribution in [1.29, 1.82) is 0 Å². The summed E-state index contributed by atoms with van der Waals surface area (Å²) in [6.45, 7) is 2.41. The van der Waals surface area contributed by atoms with Crippen molar-refractivity contribution >= 4 is 16.5 Å². The van der Waals surface area contributed by atoms with E-state index in [9.17, 15) is 5.21 Å². The molecule has 1 heterocycles. The fraction of sp³-hybridized carbons (Fsp3) is 0.444.